The van der Waals surface area contributed by atoms with Gasteiger partial charge in [-0.2, -0.15) is 0 Å². The molecule has 0 radical (unpaired) electrons. The first kappa shape index (κ1) is 24.9. The number of aliphatic hydroxyl groups is 1. The van der Waals surface area contributed by atoms with Gasteiger partial charge in [-0.15, -0.1) is 0 Å². The Bertz CT molecular complexity index is 1580. The fourth-order valence-electron chi connectivity index (χ4n) is 3.86. The molecule has 0 saturated heterocycles. The van der Waals surface area contributed by atoms with Crippen molar-refractivity contribution in [3.05, 3.63) is 68.9 Å². The highest BCUT2D eigenvalue weighted by Crippen LogP contribution is 2.31. The first-order valence-corrected chi connectivity index (χ1v) is 10.9. The highest BCUT2D eigenvalue weighted by Gasteiger charge is 2.27. The number of rotatable bonds is 7. The summed E-state index contributed by atoms with van der Waals surface area (Å²) in [4.78, 5) is 50.3. The molecule has 0 spiro atoms. The van der Waals surface area contributed by atoms with Crippen molar-refractivity contribution < 1.29 is 18.7 Å². The van der Waals surface area contributed by atoms with E-state index in [0.29, 0.717) is 11.3 Å². The predicted octanol–water partition coefficient (Wildman–Crippen LogP) is 1.40. The third-order valence-electron chi connectivity index (χ3n) is 5.61. The highest BCUT2D eigenvalue weighted by atomic mass is 19.3. The maximum absolute atomic E-state index is 13.9. The van der Waals surface area contributed by atoms with Gasteiger partial charge in [0.15, 0.2) is 11.2 Å². The van der Waals surface area contributed by atoms with Crippen LogP contribution < -0.4 is 16.6 Å². The quantitative estimate of drug-likeness (QED) is 0.392. The number of nitrogens with zero attached hydrogens (tertiary/aromatic N) is 6. The molecule has 0 aliphatic heterocycles. The number of anilines is 1. The average molecular weight is 499 g/mol. The van der Waals surface area contributed by atoms with Gasteiger partial charge in [0.1, 0.15) is 12.4 Å². The molecule has 4 rings (SSSR count). The molecule has 0 atom stereocenters. The molecular weight excluding hydrogens is 476 g/mol. The number of nitrogens with one attached hydrogen (secondary N) is 1. The van der Waals surface area contributed by atoms with Crippen LogP contribution in [0.15, 0.2) is 46.4 Å². The van der Waals surface area contributed by atoms with Gasteiger partial charge in [-0.1, -0.05) is 6.07 Å². The van der Waals surface area contributed by atoms with E-state index in [0.717, 1.165) is 16.1 Å². The number of aromatic nitrogens is 6. The van der Waals surface area contributed by atoms with E-state index >= 15 is 0 Å². The molecule has 0 unspecified atom stereocenters. The van der Waals surface area contributed by atoms with E-state index in [9.17, 15) is 28.3 Å². The van der Waals surface area contributed by atoms with Crippen LogP contribution in [-0.2, 0) is 30.9 Å². The first-order valence-electron chi connectivity index (χ1n) is 10.9. The summed E-state index contributed by atoms with van der Waals surface area (Å²) >= 11 is 0. The zero-order valence-electron chi connectivity index (χ0n) is 19.7. The van der Waals surface area contributed by atoms with E-state index in [1.165, 1.54) is 43.2 Å². The monoisotopic (exact) mass is 499 g/mol. The molecule has 2 N–H and O–H groups in total. The van der Waals surface area contributed by atoms with Crippen LogP contribution >= 0.6 is 0 Å². The van der Waals surface area contributed by atoms with Crippen LogP contribution in [0.25, 0.3) is 22.4 Å². The number of carbonyl (C=O) groups excluding carboxylic acids is 1. The molecule has 0 fully saturated rings. The standard InChI is InChI=1S/C23H23F2N7O4/c1-13-15(23(2,24)25)9-14(10-26-13)16-5-4-6-17(28-16)29-18(34)11-31-12-27-20-19(31)21(35)32(7-8-33)22(36)30(20)3/h4-6,9-10,12,33H,7-8,11H2,1-3H3,(H,28,29,34). The average Bonchev–Trinajstić information content (AvgIpc) is 3.23. The number of hydrogen-bond donors (Lipinski definition) is 2. The highest BCUT2D eigenvalue weighted by molar-refractivity contribution is 5.90. The minimum Gasteiger partial charge on any atom is -0.395 e. The molecule has 1 amide bonds. The van der Waals surface area contributed by atoms with Crippen LogP contribution in [0.2, 0.25) is 0 Å². The van der Waals surface area contributed by atoms with Crippen LogP contribution in [0.4, 0.5) is 14.6 Å². The first-order chi connectivity index (χ1) is 17.0. The number of imidazole rings is 1. The van der Waals surface area contributed by atoms with Crippen molar-refractivity contribution in [2.24, 2.45) is 7.05 Å². The number of hydrogen-bond acceptors (Lipinski definition) is 7. The summed E-state index contributed by atoms with van der Waals surface area (Å²) in [6.45, 7) is 1.37. The van der Waals surface area contributed by atoms with E-state index in [4.69, 9.17) is 0 Å². The second kappa shape index (κ2) is 9.41. The predicted molar refractivity (Wildman–Crippen MR) is 127 cm³/mol. The van der Waals surface area contributed by atoms with Crippen molar-refractivity contribution in [1.82, 2.24) is 28.7 Å². The van der Waals surface area contributed by atoms with E-state index in [1.54, 1.807) is 12.1 Å². The molecular formula is C23H23F2N7O4. The van der Waals surface area contributed by atoms with E-state index < -0.39 is 29.7 Å². The lowest BCUT2D eigenvalue weighted by Crippen LogP contribution is -2.40. The number of aliphatic hydroxyl groups excluding tert-OH is 1. The zero-order valence-corrected chi connectivity index (χ0v) is 19.7. The number of alkyl halides is 2. The van der Waals surface area contributed by atoms with Gasteiger partial charge in [0.2, 0.25) is 5.91 Å². The van der Waals surface area contributed by atoms with Gasteiger partial charge >= 0.3 is 5.69 Å². The number of amides is 1. The molecule has 0 bridgehead atoms. The third-order valence-corrected chi connectivity index (χ3v) is 5.61. The van der Waals surface area contributed by atoms with Crippen LogP contribution in [0.1, 0.15) is 18.2 Å². The topological polar surface area (TPSA) is 137 Å². The van der Waals surface area contributed by atoms with Crippen LogP contribution in [0.5, 0.6) is 0 Å². The second-order valence-electron chi connectivity index (χ2n) is 8.27. The van der Waals surface area contributed by atoms with Crippen molar-refractivity contribution in [3.63, 3.8) is 0 Å². The molecule has 4 aromatic heterocycles. The summed E-state index contributed by atoms with van der Waals surface area (Å²) in [5, 5.41) is 11.8. The molecule has 0 aliphatic rings. The summed E-state index contributed by atoms with van der Waals surface area (Å²) in [5.74, 6) is -3.45. The van der Waals surface area contributed by atoms with Gasteiger partial charge in [0, 0.05) is 37.0 Å². The summed E-state index contributed by atoms with van der Waals surface area (Å²) in [6, 6.07) is 6.06. The van der Waals surface area contributed by atoms with Gasteiger partial charge in [0.05, 0.1) is 25.2 Å². The minimum absolute atomic E-state index is 0.0289. The molecule has 13 heteroatoms. The fraction of sp³-hybridized carbons (Fsp3) is 0.304. The molecule has 4 heterocycles. The van der Waals surface area contributed by atoms with Gasteiger partial charge in [-0.3, -0.25) is 23.7 Å². The maximum atomic E-state index is 13.9. The van der Waals surface area contributed by atoms with E-state index in [2.05, 4.69) is 20.3 Å². The molecule has 4 aromatic rings. The van der Waals surface area contributed by atoms with Crippen molar-refractivity contribution in [3.8, 4) is 11.3 Å². The Balaban J connectivity index is 1.61. The number of halogens is 2. The Labute approximate surface area is 202 Å². The molecule has 188 valence electrons. The van der Waals surface area contributed by atoms with Gasteiger partial charge in [-0.05, 0) is 25.1 Å². The van der Waals surface area contributed by atoms with Crippen molar-refractivity contribution >= 4 is 22.9 Å². The molecule has 11 nitrogen and oxygen atoms in total. The number of carbonyl (C=O) groups is 1. The van der Waals surface area contributed by atoms with Crippen molar-refractivity contribution in [2.75, 3.05) is 11.9 Å². The molecule has 0 aromatic carbocycles. The Kier molecular flexibility index (Phi) is 6.50. The Morgan fingerprint density at radius 1 is 1.22 bits per heavy atom. The third kappa shape index (κ3) is 4.64. The summed E-state index contributed by atoms with van der Waals surface area (Å²) in [5.41, 5.74) is -0.498. The summed E-state index contributed by atoms with van der Waals surface area (Å²) in [6.07, 6.45) is 2.69. The van der Waals surface area contributed by atoms with E-state index in [-0.39, 0.29) is 41.3 Å². The van der Waals surface area contributed by atoms with Crippen LogP contribution in [0, 0.1) is 6.92 Å². The maximum Gasteiger partial charge on any atom is 0.332 e. The second-order valence-corrected chi connectivity index (χ2v) is 8.27. The summed E-state index contributed by atoms with van der Waals surface area (Å²) in [7, 11) is 1.44. The normalized spacial score (nSPS) is 11.7. The van der Waals surface area contributed by atoms with Gasteiger partial charge in [0.25, 0.3) is 11.5 Å². The lowest BCUT2D eigenvalue weighted by Gasteiger charge is -2.14. The Morgan fingerprint density at radius 3 is 2.67 bits per heavy atom. The number of aryl methyl sites for hydroxylation is 2. The lowest BCUT2D eigenvalue weighted by atomic mass is 10.0. The Hall–Kier alpha value is -4.26. The number of pyridine rings is 2. The van der Waals surface area contributed by atoms with Crippen LogP contribution in [-0.4, -0.2) is 46.3 Å². The zero-order chi connectivity index (χ0) is 26.2. The lowest BCUT2D eigenvalue weighted by molar-refractivity contribution is -0.116. The van der Waals surface area contributed by atoms with Gasteiger partial charge in [-0.25, -0.2) is 23.5 Å². The van der Waals surface area contributed by atoms with Crippen molar-refractivity contribution in [1.29, 1.82) is 0 Å². The van der Waals surface area contributed by atoms with E-state index in [1.807, 2.05) is 0 Å². The van der Waals surface area contributed by atoms with Crippen molar-refractivity contribution in [2.45, 2.75) is 32.9 Å². The smallest absolute Gasteiger partial charge is 0.332 e. The van der Waals surface area contributed by atoms with Gasteiger partial charge < -0.3 is 15.0 Å². The minimum atomic E-state index is -3.08. The number of fused-ring (bicyclic) bond motifs is 1. The SMILES string of the molecule is Cc1ncc(-c2cccc(NC(=O)Cn3cnc4c3c(=O)n(CCO)c(=O)n4C)n2)cc1C(C)(F)F. The fourth-order valence-corrected chi connectivity index (χ4v) is 3.86. The Morgan fingerprint density at radius 2 is 1.97 bits per heavy atom. The molecule has 0 saturated carbocycles. The van der Waals surface area contributed by atoms with Crippen LogP contribution in [0.3, 0.4) is 0 Å². The molecule has 0 aliphatic carbocycles. The largest absolute Gasteiger partial charge is 0.395 e. The molecule has 36 heavy (non-hydrogen) atoms. The summed E-state index contributed by atoms with van der Waals surface area (Å²) < 4.78 is 31.2.